The molecule has 0 atom stereocenters. The van der Waals surface area contributed by atoms with Gasteiger partial charge in [-0.15, -0.1) is 0 Å². The first kappa shape index (κ1) is 16.8. The van der Waals surface area contributed by atoms with E-state index in [-0.39, 0.29) is 11.3 Å². The van der Waals surface area contributed by atoms with Crippen LogP contribution in [0.25, 0.3) is 11.4 Å². The van der Waals surface area contributed by atoms with Crippen LogP contribution in [0.5, 0.6) is 0 Å². The Hall–Kier alpha value is -3.07. The molecule has 9 heteroatoms. The van der Waals surface area contributed by atoms with Crippen molar-refractivity contribution in [3.05, 3.63) is 68.5 Å². The first-order valence-corrected chi connectivity index (χ1v) is 7.90. The Kier molecular flexibility index (Phi) is 4.57. The van der Waals surface area contributed by atoms with E-state index in [2.05, 4.69) is 31.4 Å². The summed E-state index contributed by atoms with van der Waals surface area (Å²) in [4.78, 5) is 27.1. The predicted molar refractivity (Wildman–Crippen MR) is 93.2 cm³/mol. The molecule has 0 unspecified atom stereocenters. The summed E-state index contributed by atoms with van der Waals surface area (Å²) >= 11 is 3.09. The van der Waals surface area contributed by atoms with E-state index in [1.165, 1.54) is 18.2 Å². The number of hydrogen-bond donors (Lipinski definition) is 1. The van der Waals surface area contributed by atoms with E-state index in [9.17, 15) is 14.9 Å². The van der Waals surface area contributed by atoms with Crippen LogP contribution in [-0.2, 0) is 0 Å². The number of aryl methyl sites for hydroxylation is 1. The van der Waals surface area contributed by atoms with E-state index in [0.29, 0.717) is 27.4 Å². The first-order chi connectivity index (χ1) is 12.0. The van der Waals surface area contributed by atoms with Crippen LogP contribution in [0.15, 0.2) is 51.5 Å². The van der Waals surface area contributed by atoms with Gasteiger partial charge < -0.3 is 9.84 Å². The molecule has 0 saturated carbocycles. The van der Waals surface area contributed by atoms with Gasteiger partial charge in [-0.05, 0) is 40.2 Å². The molecular weight excluding hydrogens is 392 g/mol. The second kappa shape index (κ2) is 6.81. The lowest BCUT2D eigenvalue weighted by molar-refractivity contribution is -0.385. The number of carbonyl (C=O) groups is 1. The van der Waals surface area contributed by atoms with Gasteiger partial charge in [0.25, 0.3) is 11.6 Å². The van der Waals surface area contributed by atoms with E-state index in [1.807, 2.05) is 0 Å². The average Bonchev–Trinajstić information content (AvgIpc) is 3.01. The number of hydrogen-bond acceptors (Lipinski definition) is 6. The lowest BCUT2D eigenvalue weighted by atomic mass is 10.1. The summed E-state index contributed by atoms with van der Waals surface area (Å²) < 4.78 is 5.27. The highest BCUT2D eigenvalue weighted by atomic mass is 79.9. The van der Waals surface area contributed by atoms with Crippen LogP contribution in [0.4, 0.5) is 11.4 Å². The number of nitrogens with zero attached hydrogens (tertiary/aromatic N) is 3. The zero-order valence-corrected chi connectivity index (χ0v) is 14.5. The molecule has 25 heavy (non-hydrogen) atoms. The topological polar surface area (TPSA) is 111 Å². The number of nitrogens with one attached hydrogen (secondary N) is 1. The van der Waals surface area contributed by atoms with Crippen LogP contribution in [0.2, 0.25) is 0 Å². The Balaban J connectivity index is 1.92. The third-order valence-corrected chi connectivity index (χ3v) is 4.02. The Morgan fingerprint density at radius 3 is 2.72 bits per heavy atom. The van der Waals surface area contributed by atoms with Crippen molar-refractivity contribution in [1.82, 2.24) is 10.1 Å². The van der Waals surface area contributed by atoms with Gasteiger partial charge in [0.2, 0.25) is 11.7 Å². The summed E-state index contributed by atoms with van der Waals surface area (Å²) in [5.41, 5.74) is 1.03. The van der Waals surface area contributed by atoms with Crippen molar-refractivity contribution < 1.29 is 14.2 Å². The fourth-order valence-electron chi connectivity index (χ4n) is 2.18. The number of carbonyl (C=O) groups excluding carboxylic acids is 1. The monoisotopic (exact) mass is 402 g/mol. The lowest BCUT2D eigenvalue weighted by Crippen LogP contribution is -2.13. The Labute approximate surface area is 150 Å². The Morgan fingerprint density at radius 1 is 1.28 bits per heavy atom. The van der Waals surface area contributed by atoms with Crippen LogP contribution >= 0.6 is 15.9 Å². The van der Waals surface area contributed by atoms with Crippen LogP contribution in [-0.4, -0.2) is 21.0 Å². The molecule has 0 fully saturated rings. The van der Waals surface area contributed by atoms with Crippen LogP contribution < -0.4 is 5.32 Å². The van der Waals surface area contributed by atoms with E-state index in [0.717, 1.165) is 0 Å². The molecule has 8 nitrogen and oxygen atoms in total. The van der Waals surface area contributed by atoms with Crippen molar-refractivity contribution in [3.63, 3.8) is 0 Å². The number of benzene rings is 2. The van der Waals surface area contributed by atoms with Crippen molar-refractivity contribution in [3.8, 4) is 11.4 Å². The molecule has 2 aromatic carbocycles. The van der Waals surface area contributed by atoms with Crippen LogP contribution in [0, 0.1) is 17.0 Å². The Bertz CT molecular complexity index is 970. The first-order valence-electron chi connectivity index (χ1n) is 7.10. The summed E-state index contributed by atoms with van der Waals surface area (Å²) in [6.45, 7) is 1.67. The SMILES string of the molecule is Cc1nc(-c2ccccc2NC(=O)c2ccc(Br)c([N+](=O)[O-])c2)no1. The lowest BCUT2D eigenvalue weighted by Gasteiger charge is -2.09. The molecule has 3 aromatic rings. The highest BCUT2D eigenvalue weighted by Gasteiger charge is 2.18. The normalized spacial score (nSPS) is 10.5. The zero-order valence-electron chi connectivity index (χ0n) is 12.9. The highest BCUT2D eigenvalue weighted by Crippen LogP contribution is 2.28. The summed E-state index contributed by atoms with van der Waals surface area (Å²) in [5, 5.41) is 17.6. The fraction of sp³-hybridized carbons (Fsp3) is 0.0625. The molecule has 0 bridgehead atoms. The number of anilines is 1. The smallest absolute Gasteiger partial charge is 0.284 e. The largest absolute Gasteiger partial charge is 0.339 e. The van der Waals surface area contributed by atoms with E-state index >= 15 is 0 Å². The second-order valence-corrected chi connectivity index (χ2v) is 5.91. The maximum Gasteiger partial charge on any atom is 0.284 e. The molecule has 1 heterocycles. The molecule has 0 aliphatic carbocycles. The molecule has 0 saturated heterocycles. The van der Waals surface area contributed by atoms with Crippen molar-refractivity contribution >= 4 is 33.2 Å². The molecule has 0 aliphatic rings. The standard InChI is InChI=1S/C16H11BrN4O4/c1-9-18-15(20-25-9)11-4-2-3-5-13(11)19-16(22)10-6-7-12(17)14(8-10)21(23)24/h2-8H,1H3,(H,19,22). The summed E-state index contributed by atoms with van der Waals surface area (Å²) in [6.07, 6.45) is 0. The maximum absolute atomic E-state index is 12.5. The molecule has 3 rings (SSSR count). The minimum atomic E-state index is -0.559. The van der Waals surface area contributed by atoms with Crippen molar-refractivity contribution in [1.29, 1.82) is 0 Å². The number of nitro benzene ring substituents is 1. The summed E-state index contributed by atoms with van der Waals surface area (Å²) in [6, 6.07) is 11.1. The summed E-state index contributed by atoms with van der Waals surface area (Å²) in [7, 11) is 0. The van der Waals surface area contributed by atoms with Crippen molar-refractivity contribution in [2.24, 2.45) is 0 Å². The van der Waals surface area contributed by atoms with Gasteiger partial charge in [0.1, 0.15) is 0 Å². The average molecular weight is 403 g/mol. The minimum Gasteiger partial charge on any atom is -0.339 e. The van der Waals surface area contributed by atoms with Crippen LogP contribution in [0.1, 0.15) is 16.2 Å². The van der Waals surface area contributed by atoms with Gasteiger partial charge in [-0.1, -0.05) is 17.3 Å². The fourth-order valence-corrected chi connectivity index (χ4v) is 2.58. The van der Waals surface area contributed by atoms with Crippen LogP contribution in [0.3, 0.4) is 0 Å². The molecule has 1 N–H and O–H groups in total. The van der Waals surface area contributed by atoms with Gasteiger partial charge >= 0.3 is 0 Å². The quantitative estimate of drug-likeness (QED) is 0.521. The van der Waals surface area contributed by atoms with E-state index in [1.54, 1.807) is 31.2 Å². The predicted octanol–water partition coefficient (Wildman–Crippen LogP) is 3.97. The van der Waals surface area contributed by atoms with E-state index < -0.39 is 10.8 Å². The third-order valence-electron chi connectivity index (χ3n) is 3.35. The van der Waals surface area contributed by atoms with Gasteiger partial charge in [0.15, 0.2) is 0 Å². The number of halogens is 1. The van der Waals surface area contributed by atoms with Crippen molar-refractivity contribution in [2.45, 2.75) is 6.92 Å². The summed E-state index contributed by atoms with van der Waals surface area (Å²) in [5.74, 6) is 0.262. The van der Waals surface area contributed by atoms with Gasteiger partial charge in [-0.3, -0.25) is 14.9 Å². The molecule has 0 spiro atoms. The van der Waals surface area contributed by atoms with Gasteiger partial charge in [0.05, 0.1) is 15.1 Å². The number of nitro groups is 1. The van der Waals surface area contributed by atoms with Gasteiger partial charge in [0, 0.05) is 24.1 Å². The highest BCUT2D eigenvalue weighted by molar-refractivity contribution is 9.10. The van der Waals surface area contributed by atoms with Gasteiger partial charge in [-0.2, -0.15) is 4.98 Å². The number of amides is 1. The van der Waals surface area contributed by atoms with Crippen molar-refractivity contribution in [2.75, 3.05) is 5.32 Å². The molecule has 0 aliphatic heterocycles. The number of aromatic nitrogens is 2. The van der Waals surface area contributed by atoms with E-state index in [4.69, 9.17) is 4.52 Å². The minimum absolute atomic E-state index is 0.161. The third kappa shape index (κ3) is 3.56. The molecule has 126 valence electrons. The molecular formula is C16H11BrN4O4. The second-order valence-electron chi connectivity index (χ2n) is 5.06. The maximum atomic E-state index is 12.5. The Morgan fingerprint density at radius 2 is 2.04 bits per heavy atom. The number of rotatable bonds is 4. The molecule has 1 amide bonds. The van der Waals surface area contributed by atoms with Gasteiger partial charge in [-0.25, -0.2) is 0 Å². The molecule has 0 radical (unpaired) electrons. The molecule has 1 aromatic heterocycles. The number of para-hydroxylation sites is 1. The zero-order chi connectivity index (χ0) is 18.0.